The normalized spacial score (nSPS) is 25.6. The van der Waals surface area contributed by atoms with Crippen molar-refractivity contribution in [3.05, 3.63) is 5.89 Å². The molecule has 0 amide bonds. The van der Waals surface area contributed by atoms with Gasteiger partial charge in [-0.25, -0.2) is 0 Å². The topological polar surface area (TPSA) is 57.4 Å². The van der Waals surface area contributed by atoms with Crippen molar-refractivity contribution in [1.82, 2.24) is 20.4 Å². The summed E-state index contributed by atoms with van der Waals surface area (Å²) in [6.45, 7) is 6.07. The molecule has 1 aliphatic heterocycles. The fourth-order valence-corrected chi connectivity index (χ4v) is 2.61. The van der Waals surface area contributed by atoms with E-state index in [9.17, 15) is 0 Å². The average Bonchev–Trinajstić information content (AvgIpc) is 3.12. The first-order chi connectivity index (χ1) is 9.22. The van der Waals surface area contributed by atoms with Gasteiger partial charge in [0.25, 0.3) is 0 Å². The third-order valence-corrected chi connectivity index (χ3v) is 3.87. The predicted octanol–water partition coefficient (Wildman–Crippen LogP) is 0.852. The van der Waals surface area contributed by atoms with E-state index in [4.69, 9.17) is 4.42 Å². The Hall–Kier alpha value is -1.14. The van der Waals surface area contributed by atoms with Gasteiger partial charge in [0.2, 0.25) is 5.89 Å². The lowest BCUT2D eigenvalue weighted by molar-refractivity contribution is 0.334. The maximum atomic E-state index is 5.79. The quantitative estimate of drug-likeness (QED) is 0.871. The molecule has 6 nitrogen and oxygen atoms in total. The van der Waals surface area contributed by atoms with E-state index in [1.165, 1.54) is 12.8 Å². The summed E-state index contributed by atoms with van der Waals surface area (Å²) >= 11 is 0. The highest BCUT2D eigenvalue weighted by molar-refractivity contribution is 5.26. The third-order valence-electron chi connectivity index (χ3n) is 3.87. The van der Waals surface area contributed by atoms with Crippen molar-refractivity contribution in [2.24, 2.45) is 0 Å². The highest BCUT2D eigenvalue weighted by Gasteiger charge is 2.25. The van der Waals surface area contributed by atoms with Crippen molar-refractivity contribution >= 4 is 6.01 Å². The summed E-state index contributed by atoms with van der Waals surface area (Å²) in [6.07, 6.45) is 3.69. The maximum absolute atomic E-state index is 5.79. The minimum Gasteiger partial charge on any atom is -0.407 e. The minimum absolute atomic E-state index is 0.414. The van der Waals surface area contributed by atoms with E-state index in [1.807, 2.05) is 0 Å². The monoisotopic (exact) mass is 265 g/mol. The third kappa shape index (κ3) is 3.25. The first-order valence-corrected chi connectivity index (χ1v) is 7.23. The summed E-state index contributed by atoms with van der Waals surface area (Å²) in [5.41, 5.74) is 0. The summed E-state index contributed by atoms with van der Waals surface area (Å²) in [5, 5.41) is 11.7. The summed E-state index contributed by atoms with van der Waals surface area (Å²) < 4.78 is 5.79. The highest BCUT2D eigenvalue weighted by atomic mass is 16.4. The molecule has 1 unspecified atom stereocenters. The first-order valence-electron chi connectivity index (χ1n) is 7.23. The van der Waals surface area contributed by atoms with Gasteiger partial charge in [-0.1, -0.05) is 5.10 Å². The molecule has 106 valence electrons. The zero-order chi connectivity index (χ0) is 13.2. The lowest BCUT2D eigenvalue weighted by atomic mass is 10.3. The van der Waals surface area contributed by atoms with Gasteiger partial charge in [0.1, 0.15) is 0 Å². The van der Waals surface area contributed by atoms with Crippen LogP contribution < -0.4 is 10.2 Å². The number of likely N-dealkylation sites (N-methyl/N-ethyl adjacent to an activating group) is 1. The summed E-state index contributed by atoms with van der Waals surface area (Å²) in [7, 11) is 2.17. The zero-order valence-electron chi connectivity index (χ0n) is 11.8. The van der Waals surface area contributed by atoms with Crippen LogP contribution in [-0.4, -0.2) is 53.9 Å². The second-order valence-electron chi connectivity index (χ2n) is 5.79. The molecular weight excluding hydrogens is 242 g/mol. The number of nitrogens with zero attached hydrogens (tertiary/aromatic N) is 4. The van der Waals surface area contributed by atoms with Crippen molar-refractivity contribution in [2.45, 2.75) is 44.8 Å². The Balaban J connectivity index is 1.63. The molecule has 3 rings (SSSR count). The number of nitrogens with one attached hydrogen (secondary N) is 1. The summed E-state index contributed by atoms with van der Waals surface area (Å²) in [6, 6.07) is 1.76. The number of anilines is 1. The van der Waals surface area contributed by atoms with Crippen molar-refractivity contribution in [3.63, 3.8) is 0 Å². The fraction of sp³-hybridized carbons (Fsp3) is 0.846. The lowest BCUT2D eigenvalue weighted by Gasteiger charge is -2.25. The molecule has 1 aromatic rings. The molecule has 2 aliphatic rings. The van der Waals surface area contributed by atoms with Crippen molar-refractivity contribution in [1.29, 1.82) is 0 Å². The van der Waals surface area contributed by atoms with Crippen LogP contribution in [0.15, 0.2) is 4.42 Å². The molecular formula is C13H23N5O. The van der Waals surface area contributed by atoms with E-state index in [-0.39, 0.29) is 0 Å². The molecule has 1 saturated heterocycles. The Morgan fingerprint density at radius 3 is 2.95 bits per heavy atom. The molecule has 2 heterocycles. The smallest absolute Gasteiger partial charge is 0.318 e. The number of hydrogen-bond donors (Lipinski definition) is 1. The van der Waals surface area contributed by atoms with Crippen LogP contribution in [0.25, 0.3) is 0 Å². The van der Waals surface area contributed by atoms with Gasteiger partial charge in [0.15, 0.2) is 0 Å². The standard InChI is InChI=1S/C13H23N5O/c1-10-9-17(2)6-3-7-18(10)13-16-15-12(19-13)8-14-11-4-5-11/h10-11,14H,3-9H2,1-2H3. The predicted molar refractivity (Wildman–Crippen MR) is 73.1 cm³/mol. The molecule has 0 radical (unpaired) electrons. The van der Waals surface area contributed by atoms with E-state index in [1.54, 1.807) is 0 Å². The van der Waals surface area contributed by atoms with E-state index >= 15 is 0 Å². The van der Waals surface area contributed by atoms with Crippen LogP contribution in [-0.2, 0) is 6.54 Å². The Bertz CT molecular complexity index is 417. The van der Waals surface area contributed by atoms with Crippen molar-refractivity contribution < 1.29 is 4.42 Å². The van der Waals surface area contributed by atoms with E-state index < -0.39 is 0 Å². The molecule has 1 aliphatic carbocycles. The highest BCUT2D eigenvalue weighted by Crippen LogP contribution is 2.21. The van der Waals surface area contributed by atoms with Gasteiger partial charge in [0, 0.05) is 25.2 Å². The molecule has 2 fully saturated rings. The molecule has 0 bridgehead atoms. The van der Waals surface area contributed by atoms with Gasteiger partial charge in [-0.15, -0.1) is 5.10 Å². The van der Waals surface area contributed by atoms with Crippen LogP contribution in [0.3, 0.4) is 0 Å². The van der Waals surface area contributed by atoms with E-state index in [0.29, 0.717) is 30.5 Å². The Kier molecular flexibility index (Phi) is 3.70. The van der Waals surface area contributed by atoms with Crippen LogP contribution in [0.1, 0.15) is 32.1 Å². The second-order valence-corrected chi connectivity index (χ2v) is 5.79. The average molecular weight is 265 g/mol. The van der Waals surface area contributed by atoms with Gasteiger partial charge in [-0.05, 0) is 39.8 Å². The molecule has 1 atom stereocenters. The second kappa shape index (κ2) is 5.46. The molecule has 6 heteroatoms. The van der Waals surface area contributed by atoms with E-state index in [2.05, 4.69) is 39.3 Å². The molecule has 1 N–H and O–H groups in total. The van der Waals surface area contributed by atoms with Crippen LogP contribution in [0.4, 0.5) is 6.01 Å². The first kappa shape index (κ1) is 12.9. The number of hydrogen-bond acceptors (Lipinski definition) is 6. The number of aromatic nitrogens is 2. The Labute approximate surface area is 114 Å². The van der Waals surface area contributed by atoms with Gasteiger partial charge >= 0.3 is 6.01 Å². The van der Waals surface area contributed by atoms with Crippen LogP contribution in [0.2, 0.25) is 0 Å². The zero-order valence-corrected chi connectivity index (χ0v) is 11.8. The maximum Gasteiger partial charge on any atom is 0.318 e. The van der Waals surface area contributed by atoms with Crippen LogP contribution in [0, 0.1) is 0 Å². The molecule has 1 saturated carbocycles. The Morgan fingerprint density at radius 2 is 2.16 bits per heavy atom. The molecule has 0 spiro atoms. The minimum atomic E-state index is 0.414. The Morgan fingerprint density at radius 1 is 1.32 bits per heavy atom. The van der Waals surface area contributed by atoms with Gasteiger partial charge in [0.05, 0.1) is 6.54 Å². The molecule has 0 aromatic carbocycles. The van der Waals surface area contributed by atoms with Crippen molar-refractivity contribution in [2.75, 3.05) is 31.6 Å². The van der Waals surface area contributed by atoms with Gasteiger partial charge in [-0.2, -0.15) is 0 Å². The molecule has 19 heavy (non-hydrogen) atoms. The van der Waals surface area contributed by atoms with Crippen molar-refractivity contribution in [3.8, 4) is 0 Å². The summed E-state index contributed by atoms with van der Waals surface area (Å²) in [4.78, 5) is 4.59. The van der Waals surface area contributed by atoms with Crippen LogP contribution in [0.5, 0.6) is 0 Å². The van der Waals surface area contributed by atoms with Gasteiger partial charge in [-0.3, -0.25) is 0 Å². The molecule has 1 aromatic heterocycles. The number of rotatable bonds is 4. The van der Waals surface area contributed by atoms with E-state index in [0.717, 1.165) is 26.1 Å². The fourth-order valence-electron chi connectivity index (χ4n) is 2.61. The SMILES string of the molecule is CC1CN(C)CCCN1c1nnc(CNC2CC2)o1. The summed E-state index contributed by atoms with van der Waals surface area (Å²) in [5.74, 6) is 0.701. The lowest BCUT2D eigenvalue weighted by Crippen LogP contribution is -2.38. The largest absolute Gasteiger partial charge is 0.407 e. The van der Waals surface area contributed by atoms with Gasteiger partial charge < -0.3 is 19.5 Å². The van der Waals surface area contributed by atoms with Crippen LogP contribution >= 0.6 is 0 Å².